The molecule has 0 aromatic heterocycles. The fraction of sp³-hybridized carbons (Fsp3) is 1.00. The Hall–Kier alpha value is -0.0500. The molecule has 0 atom stereocenters. The van der Waals surface area contributed by atoms with Crippen LogP contribution in [0.1, 0.15) is 206 Å². The summed E-state index contributed by atoms with van der Waals surface area (Å²) in [5, 5.41) is 30.0. The maximum absolute atomic E-state index is 10.6. The lowest BCUT2D eigenvalue weighted by atomic mass is 9.84. The summed E-state index contributed by atoms with van der Waals surface area (Å²) in [5.74, 6) is 0. The number of phosphoric acid groups is 1. The molecule has 0 aliphatic rings. The van der Waals surface area contributed by atoms with Crippen molar-refractivity contribution in [3.05, 3.63) is 0 Å². The predicted octanol–water partition coefficient (Wildman–Crippen LogP) is 9.82. The second-order valence-electron chi connectivity index (χ2n) is 14.0. The lowest BCUT2D eigenvalue weighted by Crippen LogP contribution is -2.53. The van der Waals surface area contributed by atoms with Gasteiger partial charge in [-0.15, -0.1) is 0 Å². The minimum absolute atomic E-state index is 0.0826. The van der Waals surface area contributed by atoms with Crippen molar-refractivity contribution in [2.75, 3.05) is 32.9 Å². The van der Waals surface area contributed by atoms with Crippen molar-refractivity contribution in [3.8, 4) is 0 Å². The van der Waals surface area contributed by atoms with Gasteiger partial charge in [0.15, 0.2) is 0 Å². The molecule has 0 aliphatic heterocycles. The Balaban J connectivity index is 0. The summed E-state index contributed by atoms with van der Waals surface area (Å²) in [7, 11) is -4.64. The maximum Gasteiger partial charge on any atom is 0.466 e. The third-order valence-corrected chi connectivity index (χ3v) is 9.70. The van der Waals surface area contributed by atoms with E-state index in [1.54, 1.807) is 0 Å². The minimum Gasteiger partial charge on any atom is -0.395 e. The first-order valence-electron chi connectivity index (χ1n) is 20.1. The lowest BCUT2D eigenvalue weighted by Gasteiger charge is -2.43. The van der Waals surface area contributed by atoms with Gasteiger partial charge in [-0.05, 0) is 12.8 Å². The Morgan fingerprint density at radius 1 is 0.426 bits per heavy atom. The number of hydrogen-bond acceptors (Lipinski definition) is 5. The molecule has 47 heavy (non-hydrogen) atoms. The highest BCUT2D eigenvalue weighted by atomic mass is 31.2. The zero-order chi connectivity index (χ0) is 35.3. The van der Waals surface area contributed by atoms with Gasteiger partial charge in [0, 0.05) is 18.6 Å². The molecule has 0 radical (unpaired) electrons. The van der Waals surface area contributed by atoms with Crippen molar-refractivity contribution in [2.45, 2.75) is 212 Å². The third-order valence-electron chi connectivity index (χ3n) is 9.70. The topological polar surface area (TPSA) is 142 Å². The van der Waals surface area contributed by atoms with Crippen molar-refractivity contribution in [2.24, 2.45) is 0 Å². The zero-order valence-corrected chi connectivity index (χ0v) is 32.1. The summed E-state index contributed by atoms with van der Waals surface area (Å²) in [6.07, 6.45) is 39.9. The van der Waals surface area contributed by atoms with Gasteiger partial charge in [-0.1, -0.05) is 194 Å². The maximum atomic E-state index is 10.6. The molecule has 0 rings (SSSR count). The molecule has 6 N–H and O–H groups in total. The van der Waals surface area contributed by atoms with Gasteiger partial charge in [0.25, 0.3) is 0 Å². The van der Waals surface area contributed by atoms with Gasteiger partial charge >= 0.3 is 7.82 Å². The van der Waals surface area contributed by atoms with E-state index in [1.807, 2.05) is 0 Å². The molecular weight excluding hydrogens is 613 g/mol. The van der Waals surface area contributed by atoms with Gasteiger partial charge < -0.3 is 30.0 Å². The van der Waals surface area contributed by atoms with E-state index in [2.05, 4.69) is 18.7 Å². The summed E-state index contributed by atoms with van der Waals surface area (Å²) in [4.78, 5) is 23.8. The molecule has 0 aromatic rings. The number of rotatable bonds is 36. The highest BCUT2D eigenvalue weighted by molar-refractivity contribution is 7.45. The van der Waals surface area contributed by atoms with Crippen LogP contribution in [0.3, 0.4) is 0 Å². The van der Waals surface area contributed by atoms with E-state index >= 15 is 0 Å². The summed E-state index contributed by atoms with van der Waals surface area (Å²) < 4.78 is 8.88. The molecule has 0 fully saturated rings. The first kappa shape index (κ1) is 49.1. The zero-order valence-electron chi connectivity index (χ0n) is 31.2. The van der Waals surface area contributed by atoms with Crippen LogP contribution in [0.25, 0.3) is 0 Å². The molecule has 9 heteroatoms. The molecule has 0 aromatic carbocycles. The monoisotopic (exact) mass is 696 g/mol. The highest BCUT2D eigenvalue weighted by Crippen LogP contribution is 2.30. The van der Waals surface area contributed by atoms with E-state index < -0.39 is 7.82 Å². The molecular formula is C38H82NO7P. The average molecular weight is 696 g/mol. The normalized spacial score (nSPS) is 12.1. The first-order chi connectivity index (χ1) is 22.7. The minimum atomic E-state index is -4.64. The number of unbranched alkanes of at least 4 members (excludes halogenated alkanes) is 26. The van der Waals surface area contributed by atoms with Gasteiger partial charge in [-0.2, -0.15) is 0 Å². The predicted molar refractivity (Wildman–Crippen MR) is 200 cm³/mol. The molecule has 0 unspecified atom stereocenters. The van der Waals surface area contributed by atoms with Crippen LogP contribution < -0.4 is 0 Å². The van der Waals surface area contributed by atoms with Crippen LogP contribution in [0.5, 0.6) is 0 Å². The molecule has 0 bridgehead atoms. The summed E-state index contributed by atoms with van der Waals surface area (Å²) in [5.41, 5.74) is -0.292. The smallest absolute Gasteiger partial charge is 0.395 e. The van der Waals surface area contributed by atoms with Gasteiger partial charge in [0.1, 0.15) is 0 Å². The SMILES string of the molecule is CCCCCCCCCCCCCCCCC(CO)(CCCCCCCCCCCCCCCC)N(CCO)CCO.O=P(O)(O)O. The van der Waals surface area contributed by atoms with E-state index in [0.29, 0.717) is 13.1 Å². The van der Waals surface area contributed by atoms with Crippen LogP contribution in [0.15, 0.2) is 0 Å². The van der Waals surface area contributed by atoms with Gasteiger partial charge in [-0.3, -0.25) is 4.90 Å². The largest absolute Gasteiger partial charge is 0.466 e. The summed E-state index contributed by atoms with van der Waals surface area (Å²) in [6.45, 7) is 5.95. The summed E-state index contributed by atoms with van der Waals surface area (Å²) in [6, 6.07) is 0. The third kappa shape index (κ3) is 37.0. The van der Waals surface area contributed by atoms with Crippen molar-refractivity contribution in [1.29, 1.82) is 0 Å². The molecule has 8 nitrogen and oxygen atoms in total. The number of aliphatic hydroxyl groups excluding tert-OH is 3. The van der Waals surface area contributed by atoms with Crippen molar-refractivity contribution in [1.82, 2.24) is 4.90 Å². The van der Waals surface area contributed by atoms with Crippen LogP contribution in [0.4, 0.5) is 0 Å². The van der Waals surface area contributed by atoms with E-state index in [1.165, 1.54) is 167 Å². The number of β-amino-alcohol motifs (C(OH)–C–C–N with tert-alkyl or cyclic N) is 2. The van der Waals surface area contributed by atoms with E-state index in [9.17, 15) is 15.3 Å². The van der Waals surface area contributed by atoms with E-state index in [0.717, 1.165) is 25.7 Å². The number of hydrogen-bond donors (Lipinski definition) is 6. The number of aliphatic hydroxyl groups is 3. The Bertz CT molecular complexity index is 603. The fourth-order valence-electron chi connectivity index (χ4n) is 6.82. The molecule has 0 saturated heterocycles. The van der Waals surface area contributed by atoms with E-state index in [4.69, 9.17) is 19.2 Å². The lowest BCUT2D eigenvalue weighted by molar-refractivity contribution is -0.00725. The fourth-order valence-corrected chi connectivity index (χ4v) is 6.82. The van der Waals surface area contributed by atoms with Crippen LogP contribution in [0.2, 0.25) is 0 Å². The standard InChI is InChI=1S/C38H79NO3.H3O4P/c1-3-5-7-9-11-13-15-17-19-21-23-25-27-29-31-38(37-42,39(33-35-40)34-36-41)32-30-28-26-24-22-20-18-16-14-12-10-8-6-4-2;1-5(2,3)4/h40-42H,3-37H2,1-2H3;(H3,1,2,3,4). The van der Waals surface area contributed by atoms with Crippen LogP contribution >= 0.6 is 7.82 Å². The Morgan fingerprint density at radius 3 is 0.830 bits per heavy atom. The summed E-state index contributed by atoms with van der Waals surface area (Å²) >= 11 is 0. The molecule has 0 heterocycles. The van der Waals surface area contributed by atoms with Gasteiger partial charge in [-0.25, -0.2) is 4.57 Å². The van der Waals surface area contributed by atoms with Crippen molar-refractivity contribution in [3.63, 3.8) is 0 Å². The van der Waals surface area contributed by atoms with E-state index in [-0.39, 0.29) is 25.4 Å². The van der Waals surface area contributed by atoms with Crippen molar-refractivity contribution < 1.29 is 34.6 Å². The molecule has 0 saturated carbocycles. The Morgan fingerprint density at radius 2 is 0.638 bits per heavy atom. The van der Waals surface area contributed by atoms with Crippen LogP contribution in [-0.2, 0) is 4.57 Å². The van der Waals surface area contributed by atoms with Crippen LogP contribution in [-0.4, -0.2) is 73.3 Å². The number of nitrogens with zero attached hydrogens (tertiary/aromatic N) is 1. The molecule has 0 amide bonds. The van der Waals surface area contributed by atoms with Crippen molar-refractivity contribution >= 4 is 7.82 Å². The average Bonchev–Trinajstić information content (AvgIpc) is 3.03. The van der Waals surface area contributed by atoms with Gasteiger partial charge in [0.2, 0.25) is 0 Å². The molecule has 0 spiro atoms. The quantitative estimate of drug-likeness (QED) is 0.0281. The second kappa shape index (κ2) is 37.2. The molecule has 286 valence electrons. The Kier molecular flexibility index (Phi) is 38.8. The molecule has 0 aliphatic carbocycles. The van der Waals surface area contributed by atoms with Gasteiger partial charge in [0.05, 0.1) is 19.8 Å². The van der Waals surface area contributed by atoms with Crippen LogP contribution in [0, 0.1) is 0 Å². The highest BCUT2D eigenvalue weighted by Gasteiger charge is 2.34. The Labute approximate surface area is 291 Å². The first-order valence-corrected chi connectivity index (χ1v) is 21.6. The second-order valence-corrected chi connectivity index (χ2v) is 15.0.